The van der Waals surface area contributed by atoms with Gasteiger partial charge < -0.3 is 5.73 Å². The van der Waals surface area contributed by atoms with Gasteiger partial charge in [-0.3, -0.25) is 14.2 Å². The summed E-state index contributed by atoms with van der Waals surface area (Å²) in [5.74, 6) is -0.943. The third kappa shape index (κ3) is 2.50. The molecule has 0 radical (unpaired) electrons. The van der Waals surface area contributed by atoms with Gasteiger partial charge in [-0.15, -0.1) is 0 Å². The normalized spacial score (nSPS) is 10.9. The fourth-order valence-electron chi connectivity index (χ4n) is 2.72. The number of halogens is 2. The Morgan fingerprint density at radius 3 is 2.48 bits per heavy atom. The highest BCUT2D eigenvalue weighted by molar-refractivity contribution is 6.36. The number of primary amides is 1. The second-order valence-corrected chi connectivity index (χ2v) is 5.95. The topological polar surface area (TPSA) is 65.1 Å². The van der Waals surface area contributed by atoms with Gasteiger partial charge in [0.1, 0.15) is 0 Å². The van der Waals surface area contributed by atoms with Crippen LogP contribution in [0.4, 0.5) is 0 Å². The van der Waals surface area contributed by atoms with Gasteiger partial charge in [0.2, 0.25) is 0 Å². The van der Waals surface area contributed by atoms with Crippen molar-refractivity contribution in [2.24, 2.45) is 5.73 Å². The van der Waals surface area contributed by atoms with E-state index in [-0.39, 0.29) is 16.5 Å². The molecule has 0 saturated carbocycles. The first-order valence-electron chi connectivity index (χ1n) is 6.81. The van der Waals surface area contributed by atoms with E-state index >= 15 is 0 Å². The van der Waals surface area contributed by atoms with Crippen molar-refractivity contribution in [3.05, 3.63) is 69.3 Å². The highest BCUT2D eigenvalue weighted by Gasteiger charge is 2.23. The summed E-state index contributed by atoms with van der Waals surface area (Å²) >= 11 is 12.1. The molecule has 1 heterocycles. The molecular formula is C17H12Cl2N2O2. The van der Waals surface area contributed by atoms with Crippen molar-refractivity contribution in [1.29, 1.82) is 0 Å². The van der Waals surface area contributed by atoms with Gasteiger partial charge in [0.15, 0.2) is 0 Å². The zero-order chi connectivity index (χ0) is 16.7. The smallest absolute Gasteiger partial charge is 0.264 e. The highest BCUT2D eigenvalue weighted by Crippen LogP contribution is 2.29. The van der Waals surface area contributed by atoms with Crippen LogP contribution in [0.1, 0.15) is 26.4 Å². The molecule has 0 spiro atoms. The van der Waals surface area contributed by atoms with Crippen LogP contribution in [0, 0.1) is 6.92 Å². The van der Waals surface area contributed by atoms with E-state index in [1.54, 1.807) is 43.3 Å². The third-order valence-corrected chi connectivity index (χ3v) is 4.28. The number of nitrogens with zero attached hydrogens (tertiary/aromatic N) is 1. The molecule has 0 aliphatic heterocycles. The second-order valence-electron chi connectivity index (χ2n) is 5.11. The van der Waals surface area contributed by atoms with E-state index in [0.717, 1.165) is 0 Å². The number of fused-ring (bicyclic) bond motifs is 1. The van der Waals surface area contributed by atoms with Crippen LogP contribution in [0.15, 0.2) is 42.5 Å². The van der Waals surface area contributed by atoms with Crippen LogP contribution in [0.2, 0.25) is 10.0 Å². The second kappa shape index (κ2) is 5.72. The molecule has 0 bridgehead atoms. The lowest BCUT2D eigenvalue weighted by Crippen LogP contribution is -2.17. The summed E-state index contributed by atoms with van der Waals surface area (Å²) in [5.41, 5.74) is 7.13. The first-order chi connectivity index (χ1) is 10.9. The van der Waals surface area contributed by atoms with E-state index < -0.39 is 5.91 Å². The Kier molecular flexibility index (Phi) is 3.88. The van der Waals surface area contributed by atoms with Gasteiger partial charge >= 0.3 is 0 Å². The molecule has 0 aliphatic carbocycles. The maximum absolute atomic E-state index is 13.0. The summed E-state index contributed by atoms with van der Waals surface area (Å²) in [5, 5.41) is 1.32. The monoisotopic (exact) mass is 346 g/mol. The van der Waals surface area contributed by atoms with Gasteiger partial charge in [0, 0.05) is 16.1 Å². The van der Waals surface area contributed by atoms with Gasteiger partial charge in [-0.05, 0) is 31.2 Å². The number of carbonyl (C=O) groups is 2. The van der Waals surface area contributed by atoms with Crippen LogP contribution in [-0.2, 0) is 0 Å². The fraction of sp³-hybridized carbons (Fsp3) is 0.0588. The molecule has 3 aromatic rings. The molecule has 2 N–H and O–H groups in total. The maximum Gasteiger partial charge on any atom is 0.264 e. The number of carbonyl (C=O) groups excluding carboxylic acids is 2. The summed E-state index contributed by atoms with van der Waals surface area (Å²) in [4.78, 5) is 24.7. The molecule has 0 unspecified atom stereocenters. The highest BCUT2D eigenvalue weighted by atomic mass is 35.5. The van der Waals surface area contributed by atoms with Gasteiger partial charge in [-0.1, -0.05) is 41.4 Å². The molecule has 3 rings (SSSR count). The molecule has 0 atom stereocenters. The van der Waals surface area contributed by atoms with Crippen molar-refractivity contribution in [3.63, 3.8) is 0 Å². The number of aromatic nitrogens is 1. The Morgan fingerprint density at radius 2 is 1.78 bits per heavy atom. The zero-order valence-electron chi connectivity index (χ0n) is 12.1. The molecule has 4 nitrogen and oxygen atoms in total. The number of hydrogen-bond donors (Lipinski definition) is 1. The molecule has 1 amide bonds. The van der Waals surface area contributed by atoms with E-state index in [4.69, 9.17) is 28.9 Å². The van der Waals surface area contributed by atoms with Crippen LogP contribution < -0.4 is 5.73 Å². The van der Waals surface area contributed by atoms with Crippen molar-refractivity contribution >= 4 is 45.9 Å². The molecule has 6 heteroatoms. The summed E-state index contributed by atoms with van der Waals surface area (Å²) in [6, 6.07) is 11.8. The molecule has 116 valence electrons. The number of nitrogens with two attached hydrogens (primary N) is 1. The molecule has 2 aromatic carbocycles. The van der Waals surface area contributed by atoms with E-state index in [1.165, 1.54) is 10.6 Å². The number of amides is 1. The summed E-state index contributed by atoms with van der Waals surface area (Å²) in [6.45, 7) is 1.68. The summed E-state index contributed by atoms with van der Waals surface area (Å²) in [7, 11) is 0. The van der Waals surface area contributed by atoms with Crippen molar-refractivity contribution in [1.82, 2.24) is 4.57 Å². The minimum absolute atomic E-state index is 0.263. The molecule has 0 fully saturated rings. The SMILES string of the molecule is Cc1c(C(N)=O)c2ccccc2n1C(=O)c1cc(Cl)ccc1Cl. The predicted octanol–water partition coefficient (Wildman–Crippen LogP) is 4.04. The van der Waals surface area contributed by atoms with Gasteiger partial charge in [0.25, 0.3) is 11.8 Å². The van der Waals surface area contributed by atoms with Crippen LogP contribution >= 0.6 is 23.2 Å². The minimum atomic E-state index is -0.581. The first-order valence-corrected chi connectivity index (χ1v) is 7.57. The van der Waals surface area contributed by atoms with Crippen molar-refractivity contribution in [2.45, 2.75) is 6.92 Å². The molecule has 0 aliphatic rings. The van der Waals surface area contributed by atoms with Gasteiger partial charge in [-0.2, -0.15) is 0 Å². The first kappa shape index (κ1) is 15.6. The number of rotatable bonds is 2. The largest absolute Gasteiger partial charge is 0.366 e. The van der Waals surface area contributed by atoms with E-state index in [1.807, 2.05) is 0 Å². The minimum Gasteiger partial charge on any atom is -0.366 e. The van der Waals surface area contributed by atoms with Crippen LogP contribution in [0.25, 0.3) is 10.9 Å². The lowest BCUT2D eigenvalue weighted by atomic mass is 10.1. The summed E-state index contributed by atoms with van der Waals surface area (Å²) < 4.78 is 1.44. The van der Waals surface area contributed by atoms with Gasteiger partial charge in [0.05, 0.1) is 21.7 Å². The van der Waals surface area contributed by atoms with Crippen molar-refractivity contribution < 1.29 is 9.59 Å². The quantitative estimate of drug-likeness (QED) is 0.760. The van der Waals surface area contributed by atoms with Crippen molar-refractivity contribution in [3.8, 4) is 0 Å². The Balaban J connectivity index is 2.32. The molecule has 0 saturated heterocycles. The average Bonchev–Trinajstić information content (AvgIpc) is 2.81. The predicted molar refractivity (Wildman–Crippen MR) is 91.4 cm³/mol. The standard InChI is InChI=1S/C17H12Cl2N2O2/c1-9-15(16(20)22)11-4-2-3-5-14(11)21(9)17(23)12-8-10(18)6-7-13(12)19/h2-8H,1H3,(H2,20,22). The Hall–Kier alpha value is -2.30. The van der Waals surface area contributed by atoms with Gasteiger partial charge in [-0.25, -0.2) is 0 Å². The number of hydrogen-bond acceptors (Lipinski definition) is 2. The Morgan fingerprint density at radius 1 is 1.09 bits per heavy atom. The lowest BCUT2D eigenvalue weighted by Gasteiger charge is -2.09. The summed E-state index contributed by atoms with van der Waals surface area (Å²) in [6.07, 6.45) is 0. The Bertz CT molecular complexity index is 961. The van der Waals surface area contributed by atoms with Crippen molar-refractivity contribution in [2.75, 3.05) is 0 Å². The van der Waals surface area contributed by atoms with Crippen LogP contribution in [-0.4, -0.2) is 16.4 Å². The zero-order valence-corrected chi connectivity index (χ0v) is 13.7. The van der Waals surface area contributed by atoms with Crippen LogP contribution in [0.5, 0.6) is 0 Å². The van der Waals surface area contributed by atoms with E-state index in [9.17, 15) is 9.59 Å². The maximum atomic E-state index is 13.0. The number of para-hydroxylation sites is 1. The third-order valence-electron chi connectivity index (χ3n) is 3.72. The molecule has 23 heavy (non-hydrogen) atoms. The van der Waals surface area contributed by atoms with Crippen LogP contribution in [0.3, 0.4) is 0 Å². The average molecular weight is 347 g/mol. The Labute approximate surface area is 142 Å². The lowest BCUT2D eigenvalue weighted by molar-refractivity contribution is 0.0963. The van der Waals surface area contributed by atoms with E-state index in [0.29, 0.717) is 27.2 Å². The number of benzene rings is 2. The molecule has 1 aromatic heterocycles. The molecular weight excluding hydrogens is 335 g/mol. The van der Waals surface area contributed by atoms with E-state index in [2.05, 4.69) is 0 Å². The fourth-order valence-corrected chi connectivity index (χ4v) is 3.09.